The standard InChI is InChI=1S/C13H15NO2S/c1-3-14(4-2)13(15)11-5-7-16-12(11)10-6-8-17-9-10/h5-9H,3-4H2,1-2H3. The van der Waals surface area contributed by atoms with Gasteiger partial charge in [0.15, 0.2) is 0 Å². The maximum Gasteiger partial charge on any atom is 0.257 e. The van der Waals surface area contributed by atoms with E-state index < -0.39 is 0 Å². The van der Waals surface area contributed by atoms with Gasteiger partial charge in [-0.1, -0.05) is 0 Å². The van der Waals surface area contributed by atoms with Crippen molar-refractivity contribution in [3.05, 3.63) is 34.7 Å². The molecule has 0 fully saturated rings. The summed E-state index contributed by atoms with van der Waals surface area (Å²) in [7, 11) is 0. The summed E-state index contributed by atoms with van der Waals surface area (Å²) in [6, 6.07) is 3.70. The minimum atomic E-state index is 0.0324. The topological polar surface area (TPSA) is 33.5 Å². The van der Waals surface area contributed by atoms with Gasteiger partial charge in [-0.15, -0.1) is 0 Å². The van der Waals surface area contributed by atoms with Gasteiger partial charge in [-0.2, -0.15) is 11.3 Å². The third-order valence-corrected chi connectivity index (χ3v) is 3.41. The lowest BCUT2D eigenvalue weighted by molar-refractivity contribution is 0.0773. The second-order valence-corrected chi connectivity index (χ2v) is 4.43. The number of hydrogen-bond acceptors (Lipinski definition) is 3. The molecule has 2 aromatic heterocycles. The molecule has 2 aromatic rings. The fraction of sp³-hybridized carbons (Fsp3) is 0.308. The van der Waals surface area contributed by atoms with E-state index in [0.29, 0.717) is 24.4 Å². The summed E-state index contributed by atoms with van der Waals surface area (Å²) in [5.74, 6) is 0.702. The molecule has 90 valence electrons. The Kier molecular flexibility index (Phi) is 3.64. The van der Waals surface area contributed by atoms with Crippen LogP contribution in [0.25, 0.3) is 11.3 Å². The van der Waals surface area contributed by atoms with Crippen molar-refractivity contribution in [2.75, 3.05) is 13.1 Å². The smallest absolute Gasteiger partial charge is 0.257 e. The monoisotopic (exact) mass is 249 g/mol. The molecule has 0 saturated heterocycles. The summed E-state index contributed by atoms with van der Waals surface area (Å²) in [5, 5.41) is 3.96. The molecule has 2 rings (SSSR count). The van der Waals surface area contributed by atoms with Crippen molar-refractivity contribution < 1.29 is 9.21 Å². The van der Waals surface area contributed by atoms with Crippen LogP contribution < -0.4 is 0 Å². The average Bonchev–Trinajstić information content (AvgIpc) is 3.01. The molecule has 0 atom stereocenters. The molecule has 0 radical (unpaired) electrons. The van der Waals surface area contributed by atoms with Gasteiger partial charge < -0.3 is 9.32 Å². The van der Waals surface area contributed by atoms with E-state index in [1.54, 1.807) is 28.6 Å². The lowest BCUT2D eigenvalue weighted by atomic mass is 10.1. The normalized spacial score (nSPS) is 10.5. The predicted octanol–water partition coefficient (Wildman–Crippen LogP) is 3.49. The first kappa shape index (κ1) is 11.9. The van der Waals surface area contributed by atoms with E-state index in [2.05, 4.69) is 0 Å². The van der Waals surface area contributed by atoms with E-state index >= 15 is 0 Å². The number of carbonyl (C=O) groups is 1. The van der Waals surface area contributed by atoms with Crippen LogP contribution in [0.1, 0.15) is 24.2 Å². The second kappa shape index (κ2) is 5.19. The van der Waals surface area contributed by atoms with Gasteiger partial charge in [0.1, 0.15) is 5.76 Å². The van der Waals surface area contributed by atoms with Crippen molar-refractivity contribution in [3.63, 3.8) is 0 Å². The fourth-order valence-corrected chi connectivity index (χ4v) is 2.41. The zero-order chi connectivity index (χ0) is 12.3. The van der Waals surface area contributed by atoms with Crippen molar-refractivity contribution in [2.24, 2.45) is 0 Å². The Morgan fingerprint density at radius 1 is 1.35 bits per heavy atom. The van der Waals surface area contributed by atoms with Crippen LogP contribution in [-0.4, -0.2) is 23.9 Å². The highest BCUT2D eigenvalue weighted by Crippen LogP contribution is 2.27. The molecule has 0 saturated carbocycles. The zero-order valence-corrected chi connectivity index (χ0v) is 10.8. The maximum atomic E-state index is 12.3. The average molecular weight is 249 g/mol. The molecule has 0 spiro atoms. The molecule has 0 aliphatic heterocycles. The highest BCUT2D eigenvalue weighted by molar-refractivity contribution is 7.08. The molecule has 0 N–H and O–H groups in total. The number of hydrogen-bond donors (Lipinski definition) is 0. The van der Waals surface area contributed by atoms with Crippen LogP contribution in [0.15, 0.2) is 33.6 Å². The van der Waals surface area contributed by atoms with E-state index in [4.69, 9.17) is 4.42 Å². The Labute approximate surface area is 105 Å². The molecular formula is C13H15NO2S. The summed E-state index contributed by atoms with van der Waals surface area (Å²) in [6.07, 6.45) is 1.57. The molecule has 2 heterocycles. The molecule has 3 nitrogen and oxygen atoms in total. The number of thiophene rings is 1. The highest BCUT2D eigenvalue weighted by Gasteiger charge is 2.20. The largest absolute Gasteiger partial charge is 0.463 e. The molecular weight excluding hydrogens is 234 g/mol. The Morgan fingerprint density at radius 2 is 2.12 bits per heavy atom. The van der Waals surface area contributed by atoms with Crippen LogP contribution in [0.4, 0.5) is 0 Å². The molecule has 0 aliphatic carbocycles. The second-order valence-electron chi connectivity index (χ2n) is 3.65. The van der Waals surface area contributed by atoms with E-state index in [-0.39, 0.29) is 5.91 Å². The van der Waals surface area contributed by atoms with Crippen LogP contribution in [0.2, 0.25) is 0 Å². The third-order valence-electron chi connectivity index (χ3n) is 2.73. The fourth-order valence-electron chi connectivity index (χ4n) is 1.78. The number of carbonyl (C=O) groups excluding carboxylic acids is 1. The minimum Gasteiger partial charge on any atom is -0.463 e. The minimum absolute atomic E-state index is 0.0324. The maximum absolute atomic E-state index is 12.3. The first-order chi connectivity index (χ1) is 8.27. The van der Waals surface area contributed by atoms with Gasteiger partial charge in [-0.3, -0.25) is 4.79 Å². The van der Waals surface area contributed by atoms with Crippen molar-refractivity contribution in [2.45, 2.75) is 13.8 Å². The molecule has 0 aliphatic rings. The lowest BCUT2D eigenvalue weighted by Gasteiger charge is -2.18. The van der Waals surface area contributed by atoms with E-state index in [1.807, 2.05) is 30.7 Å². The van der Waals surface area contributed by atoms with Gasteiger partial charge in [0.05, 0.1) is 11.8 Å². The molecule has 1 amide bonds. The number of furan rings is 1. The number of nitrogens with zero attached hydrogens (tertiary/aromatic N) is 1. The summed E-state index contributed by atoms with van der Waals surface area (Å²) in [6.45, 7) is 5.38. The summed E-state index contributed by atoms with van der Waals surface area (Å²) < 4.78 is 5.43. The predicted molar refractivity (Wildman–Crippen MR) is 69.3 cm³/mol. The van der Waals surface area contributed by atoms with Gasteiger partial charge in [-0.05, 0) is 31.4 Å². The Bertz CT molecular complexity index is 483. The Hall–Kier alpha value is -1.55. The third kappa shape index (κ3) is 2.26. The van der Waals surface area contributed by atoms with Crippen molar-refractivity contribution >= 4 is 17.2 Å². The summed E-state index contributed by atoms with van der Waals surface area (Å²) in [5.41, 5.74) is 1.61. The van der Waals surface area contributed by atoms with E-state index in [1.165, 1.54) is 0 Å². The lowest BCUT2D eigenvalue weighted by Crippen LogP contribution is -2.30. The van der Waals surface area contributed by atoms with Crippen molar-refractivity contribution in [3.8, 4) is 11.3 Å². The van der Waals surface area contributed by atoms with Gasteiger partial charge in [-0.25, -0.2) is 0 Å². The van der Waals surface area contributed by atoms with Crippen LogP contribution in [-0.2, 0) is 0 Å². The van der Waals surface area contributed by atoms with E-state index in [0.717, 1.165) is 5.56 Å². The molecule has 0 unspecified atom stereocenters. The van der Waals surface area contributed by atoms with E-state index in [9.17, 15) is 4.79 Å². The van der Waals surface area contributed by atoms with Crippen LogP contribution in [0.5, 0.6) is 0 Å². The zero-order valence-electron chi connectivity index (χ0n) is 9.97. The number of amides is 1. The van der Waals surface area contributed by atoms with Gasteiger partial charge in [0.25, 0.3) is 5.91 Å². The highest BCUT2D eigenvalue weighted by atomic mass is 32.1. The van der Waals surface area contributed by atoms with Crippen LogP contribution >= 0.6 is 11.3 Å². The summed E-state index contributed by atoms with van der Waals surface area (Å²) in [4.78, 5) is 14.0. The first-order valence-electron chi connectivity index (χ1n) is 5.67. The van der Waals surface area contributed by atoms with Crippen LogP contribution in [0.3, 0.4) is 0 Å². The molecule has 0 aromatic carbocycles. The Morgan fingerprint density at radius 3 is 2.71 bits per heavy atom. The first-order valence-corrected chi connectivity index (χ1v) is 6.61. The quantitative estimate of drug-likeness (QED) is 0.831. The Balaban J connectivity index is 2.34. The molecule has 0 bridgehead atoms. The van der Waals surface area contributed by atoms with Crippen molar-refractivity contribution in [1.82, 2.24) is 4.90 Å². The van der Waals surface area contributed by atoms with Gasteiger partial charge in [0, 0.05) is 24.0 Å². The van der Waals surface area contributed by atoms with Gasteiger partial charge >= 0.3 is 0 Å². The molecule has 17 heavy (non-hydrogen) atoms. The SMILES string of the molecule is CCN(CC)C(=O)c1ccoc1-c1ccsc1. The molecule has 4 heteroatoms. The van der Waals surface area contributed by atoms with Crippen molar-refractivity contribution in [1.29, 1.82) is 0 Å². The van der Waals surface area contributed by atoms with Crippen LogP contribution in [0, 0.1) is 0 Å². The number of rotatable bonds is 4. The van der Waals surface area contributed by atoms with Gasteiger partial charge in [0.2, 0.25) is 0 Å². The summed E-state index contributed by atoms with van der Waals surface area (Å²) >= 11 is 1.59.